The van der Waals surface area contributed by atoms with Gasteiger partial charge in [0.05, 0.1) is 5.52 Å². The molecule has 102 valence electrons. The topological polar surface area (TPSA) is 17.8 Å². The zero-order valence-corrected chi connectivity index (χ0v) is 12.4. The molecule has 1 aliphatic rings. The molecular weight excluding hydrogens is 283 g/mol. The number of hydrogen-bond donors (Lipinski definition) is 0. The molecule has 1 fully saturated rings. The molecule has 1 aromatic carbocycles. The van der Waals surface area contributed by atoms with Crippen LogP contribution in [0.4, 0.5) is 4.39 Å². The van der Waals surface area contributed by atoms with Crippen molar-refractivity contribution in [2.24, 2.45) is 0 Å². The van der Waals surface area contributed by atoms with E-state index in [-0.39, 0.29) is 5.82 Å². The first kappa shape index (κ1) is 13.3. The van der Waals surface area contributed by atoms with Crippen LogP contribution in [-0.2, 0) is 13.0 Å². The number of nitrogens with zero attached hydrogens (tertiary/aromatic N) is 2. The van der Waals surface area contributed by atoms with Crippen LogP contribution in [0.2, 0.25) is 0 Å². The molecule has 3 rings (SSSR count). The van der Waals surface area contributed by atoms with Crippen LogP contribution in [-0.4, -0.2) is 26.4 Å². The van der Waals surface area contributed by atoms with E-state index in [4.69, 9.17) is 11.6 Å². The third-order valence-corrected chi connectivity index (χ3v) is 5.41. The smallest absolute Gasteiger partial charge is 0.151 e. The van der Waals surface area contributed by atoms with Crippen molar-refractivity contribution in [3.05, 3.63) is 29.8 Å². The number of para-hydroxylation sites is 1. The zero-order valence-electron chi connectivity index (χ0n) is 10.8. The van der Waals surface area contributed by atoms with Crippen LogP contribution < -0.4 is 0 Å². The molecule has 0 bridgehead atoms. The molecule has 0 spiro atoms. The minimum Gasteiger partial charge on any atom is -0.326 e. The highest BCUT2D eigenvalue weighted by atomic mass is 35.5. The van der Waals surface area contributed by atoms with E-state index >= 15 is 0 Å². The summed E-state index contributed by atoms with van der Waals surface area (Å²) in [6, 6.07) is 5.16. The van der Waals surface area contributed by atoms with E-state index in [1.807, 2.05) is 17.8 Å². The second-order valence-electron chi connectivity index (χ2n) is 5.05. The molecule has 1 heterocycles. The van der Waals surface area contributed by atoms with Crippen molar-refractivity contribution in [3.8, 4) is 0 Å². The van der Waals surface area contributed by atoms with Crippen LogP contribution in [0, 0.1) is 5.82 Å². The number of fused-ring (bicyclic) bond motifs is 1. The molecular formula is C14H16ClFN2S. The monoisotopic (exact) mass is 298 g/mol. The number of aryl methyl sites for hydroxylation is 1. The van der Waals surface area contributed by atoms with Crippen molar-refractivity contribution in [2.45, 2.75) is 30.6 Å². The summed E-state index contributed by atoms with van der Waals surface area (Å²) in [5.41, 5.74) is 1.36. The van der Waals surface area contributed by atoms with Crippen molar-refractivity contribution in [1.82, 2.24) is 9.55 Å². The Bertz CT molecular complexity index is 607. The fraction of sp³-hybridized carbons (Fsp3) is 0.500. The van der Waals surface area contributed by atoms with Gasteiger partial charge in [0, 0.05) is 23.6 Å². The van der Waals surface area contributed by atoms with Crippen molar-refractivity contribution >= 4 is 34.4 Å². The molecule has 0 N–H and O–H groups in total. The number of benzene rings is 1. The first-order valence-corrected chi connectivity index (χ1v) is 8.20. The summed E-state index contributed by atoms with van der Waals surface area (Å²) >= 11 is 7.74. The molecule has 1 saturated carbocycles. The molecule has 19 heavy (non-hydrogen) atoms. The lowest BCUT2D eigenvalue weighted by molar-refractivity contribution is 0.637. The van der Waals surface area contributed by atoms with Gasteiger partial charge in [0.15, 0.2) is 5.82 Å². The highest BCUT2D eigenvalue weighted by molar-refractivity contribution is 8.00. The number of thioether (sulfide) groups is 1. The first-order valence-electron chi connectivity index (χ1n) is 6.44. The predicted octanol–water partition coefficient (Wildman–Crippen LogP) is 3.85. The molecule has 0 amide bonds. The summed E-state index contributed by atoms with van der Waals surface area (Å²) in [4.78, 5) is 4.44. The number of rotatable bonds is 5. The van der Waals surface area contributed by atoms with Gasteiger partial charge in [0.2, 0.25) is 0 Å². The predicted molar refractivity (Wildman–Crippen MR) is 79.6 cm³/mol. The quantitative estimate of drug-likeness (QED) is 0.780. The Morgan fingerprint density at radius 2 is 2.26 bits per heavy atom. The molecule has 1 aromatic heterocycles. The van der Waals surface area contributed by atoms with Gasteiger partial charge in [-0.1, -0.05) is 6.07 Å². The minimum absolute atomic E-state index is 0.249. The van der Waals surface area contributed by atoms with Gasteiger partial charge < -0.3 is 4.57 Å². The number of aromatic nitrogens is 2. The lowest BCUT2D eigenvalue weighted by Crippen LogP contribution is -2.16. The minimum atomic E-state index is -0.249. The average molecular weight is 299 g/mol. The summed E-state index contributed by atoms with van der Waals surface area (Å²) < 4.78 is 16.3. The maximum atomic E-state index is 13.8. The van der Waals surface area contributed by atoms with Crippen molar-refractivity contribution in [1.29, 1.82) is 0 Å². The maximum Gasteiger partial charge on any atom is 0.151 e. The van der Waals surface area contributed by atoms with Gasteiger partial charge in [-0.05, 0) is 31.2 Å². The fourth-order valence-electron chi connectivity index (χ4n) is 2.47. The number of hydrogen-bond acceptors (Lipinski definition) is 2. The zero-order chi connectivity index (χ0) is 13.5. The van der Waals surface area contributed by atoms with Gasteiger partial charge in [-0.2, -0.15) is 11.8 Å². The highest BCUT2D eigenvalue weighted by Crippen LogP contribution is 2.49. The van der Waals surface area contributed by atoms with Crippen molar-refractivity contribution in [3.63, 3.8) is 0 Å². The fourth-order valence-corrected chi connectivity index (χ4v) is 3.40. The highest BCUT2D eigenvalue weighted by Gasteiger charge is 2.42. The summed E-state index contributed by atoms with van der Waals surface area (Å²) in [7, 11) is 0. The molecule has 0 saturated heterocycles. The molecule has 2 aromatic rings. The molecule has 0 atom stereocenters. The largest absolute Gasteiger partial charge is 0.326 e. The lowest BCUT2D eigenvalue weighted by atomic mass is 10.3. The average Bonchev–Trinajstić information content (AvgIpc) is 3.10. The Labute approximate surface area is 121 Å². The normalized spacial score (nSPS) is 17.0. The lowest BCUT2D eigenvalue weighted by Gasteiger charge is -2.16. The Morgan fingerprint density at radius 1 is 1.47 bits per heavy atom. The van der Waals surface area contributed by atoms with E-state index in [1.54, 1.807) is 6.07 Å². The van der Waals surface area contributed by atoms with E-state index in [2.05, 4.69) is 15.8 Å². The Kier molecular flexibility index (Phi) is 3.48. The van der Waals surface area contributed by atoms with Crippen LogP contribution in [0.5, 0.6) is 0 Å². The molecule has 0 unspecified atom stereocenters. The first-order chi connectivity index (χ1) is 9.19. The van der Waals surface area contributed by atoms with E-state index < -0.39 is 0 Å². The van der Waals surface area contributed by atoms with Crippen LogP contribution in [0.15, 0.2) is 18.2 Å². The van der Waals surface area contributed by atoms with Crippen molar-refractivity contribution < 1.29 is 4.39 Å². The SMILES string of the molecule is CSC1(Cn2c(CCCl)nc3c(F)cccc32)CC1. The molecule has 2 nitrogen and oxygen atoms in total. The molecule has 1 aliphatic carbocycles. The van der Waals surface area contributed by atoms with Crippen LogP contribution in [0.25, 0.3) is 11.0 Å². The maximum absolute atomic E-state index is 13.8. The van der Waals surface area contributed by atoms with Crippen LogP contribution >= 0.6 is 23.4 Å². The van der Waals surface area contributed by atoms with E-state index in [0.717, 1.165) is 17.9 Å². The van der Waals surface area contributed by atoms with E-state index in [1.165, 1.54) is 18.9 Å². The summed E-state index contributed by atoms with van der Waals surface area (Å²) in [6.07, 6.45) is 5.28. The number of imidazole rings is 1. The standard InChI is InChI=1S/C14H16ClFN2S/c1-19-14(6-7-14)9-18-11-4-2-3-10(16)13(11)17-12(18)5-8-15/h2-4H,5-9H2,1H3. The second kappa shape index (κ2) is 4.98. The Hall–Kier alpha value is -0.740. The third-order valence-electron chi connectivity index (χ3n) is 3.81. The van der Waals surface area contributed by atoms with Gasteiger partial charge in [-0.25, -0.2) is 9.37 Å². The van der Waals surface area contributed by atoms with Gasteiger partial charge in [0.25, 0.3) is 0 Å². The summed E-state index contributed by atoms with van der Waals surface area (Å²) in [5, 5.41) is 0. The number of alkyl halides is 1. The van der Waals surface area contributed by atoms with Gasteiger partial charge in [0.1, 0.15) is 11.3 Å². The summed E-state index contributed by atoms with van der Waals surface area (Å²) in [6.45, 7) is 0.903. The van der Waals surface area contributed by atoms with E-state index in [0.29, 0.717) is 22.6 Å². The molecule has 5 heteroatoms. The van der Waals surface area contributed by atoms with E-state index in [9.17, 15) is 4.39 Å². The van der Waals surface area contributed by atoms with Gasteiger partial charge >= 0.3 is 0 Å². The molecule has 0 radical (unpaired) electrons. The van der Waals surface area contributed by atoms with Crippen LogP contribution in [0.3, 0.4) is 0 Å². The number of halogens is 2. The third kappa shape index (κ3) is 2.36. The summed E-state index contributed by atoms with van der Waals surface area (Å²) in [5.74, 6) is 1.16. The Morgan fingerprint density at radius 3 is 2.89 bits per heavy atom. The Balaban J connectivity index is 2.08. The van der Waals surface area contributed by atoms with Gasteiger partial charge in [-0.15, -0.1) is 11.6 Å². The second-order valence-corrected chi connectivity index (χ2v) is 6.70. The molecule has 0 aliphatic heterocycles. The van der Waals surface area contributed by atoms with Crippen LogP contribution in [0.1, 0.15) is 18.7 Å². The van der Waals surface area contributed by atoms with Crippen molar-refractivity contribution in [2.75, 3.05) is 12.1 Å². The van der Waals surface area contributed by atoms with Gasteiger partial charge in [-0.3, -0.25) is 0 Å².